The minimum absolute atomic E-state index is 0.0457. The lowest BCUT2D eigenvalue weighted by Crippen LogP contribution is -2.24. The van der Waals surface area contributed by atoms with Crippen LogP contribution in [-0.4, -0.2) is 20.7 Å². The Morgan fingerprint density at radius 3 is 2.65 bits per heavy atom. The number of nitrogens with one attached hydrogen (secondary N) is 1. The maximum Gasteiger partial charge on any atom is 0.248 e. The summed E-state index contributed by atoms with van der Waals surface area (Å²) in [5.74, 6) is 1.69. The second-order valence-corrected chi connectivity index (χ2v) is 6.74. The third-order valence-electron chi connectivity index (χ3n) is 4.61. The van der Waals surface area contributed by atoms with Crippen molar-refractivity contribution in [3.8, 4) is 0 Å². The summed E-state index contributed by atoms with van der Waals surface area (Å²) in [6, 6.07) is 8.97. The van der Waals surface area contributed by atoms with Gasteiger partial charge in [0.2, 0.25) is 11.9 Å². The first kappa shape index (κ1) is 15.7. The number of aryl methyl sites for hydroxylation is 2. The molecule has 0 fully saturated rings. The van der Waals surface area contributed by atoms with E-state index < -0.39 is 0 Å². The van der Waals surface area contributed by atoms with Gasteiger partial charge in [-0.15, -0.1) is 5.10 Å². The molecule has 1 N–H and O–H groups in total. The van der Waals surface area contributed by atoms with E-state index in [4.69, 9.17) is 0 Å². The van der Waals surface area contributed by atoms with Crippen LogP contribution in [0.4, 0.5) is 5.95 Å². The highest BCUT2D eigenvalue weighted by Crippen LogP contribution is 2.37. The van der Waals surface area contributed by atoms with Gasteiger partial charge in [-0.05, 0) is 25.8 Å². The fourth-order valence-electron chi connectivity index (χ4n) is 3.11. The van der Waals surface area contributed by atoms with Gasteiger partial charge in [-0.3, -0.25) is 10.1 Å². The standard InChI is InChI=1S/C18H24N4O/c1-11(2)17(23)20-18-19-16-10-9-15(13(4)22(16)21-18)14-7-5-12(3)6-8-14/h5-8,11,13,15H,9-10H2,1-4H3,(H,20,21,23). The van der Waals surface area contributed by atoms with Gasteiger partial charge in [-0.1, -0.05) is 43.7 Å². The number of carbonyl (C=O) groups excluding carboxylic acids is 1. The van der Waals surface area contributed by atoms with Crippen molar-refractivity contribution in [2.45, 2.75) is 52.5 Å². The molecule has 0 bridgehead atoms. The molecule has 1 aromatic carbocycles. The smallest absolute Gasteiger partial charge is 0.248 e. The average molecular weight is 312 g/mol. The Balaban J connectivity index is 1.82. The second-order valence-electron chi connectivity index (χ2n) is 6.74. The van der Waals surface area contributed by atoms with Gasteiger partial charge in [0.1, 0.15) is 5.82 Å². The van der Waals surface area contributed by atoms with Gasteiger partial charge in [0, 0.05) is 18.3 Å². The number of carbonyl (C=O) groups is 1. The van der Waals surface area contributed by atoms with Gasteiger partial charge in [-0.2, -0.15) is 4.98 Å². The van der Waals surface area contributed by atoms with Crippen molar-refractivity contribution in [2.24, 2.45) is 5.92 Å². The normalized spacial score (nSPS) is 20.4. The van der Waals surface area contributed by atoms with Crippen LogP contribution in [0, 0.1) is 12.8 Å². The molecule has 1 amide bonds. The van der Waals surface area contributed by atoms with Crippen LogP contribution in [0.15, 0.2) is 24.3 Å². The van der Waals surface area contributed by atoms with Gasteiger partial charge in [0.15, 0.2) is 0 Å². The molecule has 0 saturated heterocycles. The van der Waals surface area contributed by atoms with E-state index in [0.29, 0.717) is 11.9 Å². The first-order chi connectivity index (χ1) is 11.0. The van der Waals surface area contributed by atoms with Crippen molar-refractivity contribution < 1.29 is 4.79 Å². The lowest BCUT2D eigenvalue weighted by Gasteiger charge is -2.29. The zero-order chi connectivity index (χ0) is 16.6. The second kappa shape index (κ2) is 6.14. The molecule has 0 saturated carbocycles. The first-order valence-electron chi connectivity index (χ1n) is 8.28. The van der Waals surface area contributed by atoms with Crippen molar-refractivity contribution in [1.29, 1.82) is 0 Å². The monoisotopic (exact) mass is 312 g/mol. The Morgan fingerprint density at radius 1 is 1.30 bits per heavy atom. The molecule has 3 rings (SSSR count). The van der Waals surface area contributed by atoms with Crippen LogP contribution in [0.2, 0.25) is 0 Å². The number of benzene rings is 1. The van der Waals surface area contributed by atoms with E-state index in [9.17, 15) is 4.79 Å². The maximum atomic E-state index is 11.8. The predicted octanol–water partition coefficient (Wildman–Crippen LogP) is 3.47. The number of rotatable bonds is 3. The molecule has 1 aliphatic heterocycles. The molecule has 5 nitrogen and oxygen atoms in total. The first-order valence-corrected chi connectivity index (χ1v) is 8.28. The van der Waals surface area contributed by atoms with Crippen LogP contribution in [0.5, 0.6) is 0 Å². The summed E-state index contributed by atoms with van der Waals surface area (Å²) in [5, 5.41) is 7.32. The number of nitrogens with zero attached hydrogens (tertiary/aromatic N) is 3. The molecular weight excluding hydrogens is 288 g/mol. The van der Waals surface area contributed by atoms with Gasteiger partial charge in [-0.25, -0.2) is 4.68 Å². The Hall–Kier alpha value is -2.17. The Labute approximate surface area is 137 Å². The summed E-state index contributed by atoms with van der Waals surface area (Å²) in [5.41, 5.74) is 2.62. The molecule has 122 valence electrons. The quantitative estimate of drug-likeness (QED) is 0.944. The van der Waals surface area contributed by atoms with Crippen molar-refractivity contribution >= 4 is 11.9 Å². The van der Waals surface area contributed by atoms with Crippen LogP contribution in [-0.2, 0) is 11.2 Å². The molecule has 2 heterocycles. The highest BCUT2D eigenvalue weighted by molar-refractivity contribution is 5.90. The number of anilines is 1. The van der Waals surface area contributed by atoms with E-state index in [0.717, 1.165) is 18.7 Å². The topological polar surface area (TPSA) is 59.8 Å². The van der Waals surface area contributed by atoms with Crippen molar-refractivity contribution in [3.05, 3.63) is 41.2 Å². The third-order valence-corrected chi connectivity index (χ3v) is 4.61. The molecule has 0 radical (unpaired) electrons. The predicted molar refractivity (Wildman–Crippen MR) is 90.4 cm³/mol. The Morgan fingerprint density at radius 2 is 2.00 bits per heavy atom. The van der Waals surface area contributed by atoms with Crippen LogP contribution < -0.4 is 5.32 Å². The van der Waals surface area contributed by atoms with Crippen molar-refractivity contribution in [3.63, 3.8) is 0 Å². The summed E-state index contributed by atoms with van der Waals surface area (Å²) < 4.78 is 1.98. The van der Waals surface area contributed by atoms with Crippen LogP contribution >= 0.6 is 0 Å². The van der Waals surface area contributed by atoms with E-state index in [1.54, 1.807) is 0 Å². The van der Waals surface area contributed by atoms with E-state index >= 15 is 0 Å². The van der Waals surface area contributed by atoms with E-state index in [-0.39, 0.29) is 17.9 Å². The number of aromatic nitrogens is 3. The SMILES string of the molecule is Cc1ccc(C2CCc3nc(NC(=O)C(C)C)nn3C2C)cc1. The summed E-state index contributed by atoms with van der Waals surface area (Å²) >= 11 is 0. The summed E-state index contributed by atoms with van der Waals surface area (Å²) in [7, 11) is 0. The Kier molecular flexibility index (Phi) is 4.20. The molecular formula is C18H24N4O. The molecule has 2 atom stereocenters. The number of hydrogen-bond donors (Lipinski definition) is 1. The molecule has 1 aromatic heterocycles. The summed E-state index contributed by atoms with van der Waals surface area (Å²) in [6.45, 7) is 8.01. The minimum atomic E-state index is -0.0757. The minimum Gasteiger partial charge on any atom is -0.293 e. The summed E-state index contributed by atoms with van der Waals surface area (Å²) in [4.78, 5) is 16.3. The lowest BCUT2D eigenvalue weighted by atomic mass is 9.85. The van der Waals surface area contributed by atoms with Crippen LogP contribution in [0.3, 0.4) is 0 Å². The van der Waals surface area contributed by atoms with Gasteiger partial charge in [0.25, 0.3) is 0 Å². The van der Waals surface area contributed by atoms with Crippen LogP contribution in [0.1, 0.15) is 56.1 Å². The van der Waals surface area contributed by atoms with Gasteiger partial charge < -0.3 is 0 Å². The number of fused-ring (bicyclic) bond motifs is 1. The van der Waals surface area contributed by atoms with Crippen molar-refractivity contribution in [2.75, 3.05) is 5.32 Å². The van der Waals surface area contributed by atoms with Gasteiger partial charge >= 0.3 is 0 Å². The largest absolute Gasteiger partial charge is 0.293 e. The van der Waals surface area contributed by atoms with Crippen molar-refractivity contribution in [1.82, 2.24) is 14.8 Å². The molecule has 2 unspecified atom stereocenters. The molecule has 1 aliphatic rings. The van der Waals surface area contributed by atoms with Crippen LogP contribution in [0.25, 0.3) is 0 Å². The van der Waals surface area contributed by atoms with E-state index in [2.05, 4.69) is 53.5 Å². The zero-order valence-corrected chi connectivity index (χ0v) is 14.2. The zero-order valence-electron chi connectivity index (χ0n) is 14.2. The van der Waals surface area contributed by atoms with E-state index in [1.165, 1.54) is 11.1 Å². The molecule has 23 heavy (non-hydrogen) atoms. The number of amides is 1. The highest BCUT2D eigenvalue weighted by Gasteiger charge is 2.30. The average Bonchev–Trinajstić information content (AvgIpc) is 2.92. The Bertz CT molecular complexity index is 702. The fraction of sp³-hybridized carbons (Fsp3) is 0.500. The maximum absolute atomic E-state index is 11.8. The molecule has 2 aromatic rings. The molecule has 5 heteroatoms. The summed E-state index contributed by atoms with van der Waals surface area (Å²) in [6.07, 6.45) is 1.94. The van der Waals surface area contributed by atoms with Gasteiger partial charge in [0.05, 0.1) is 6.04 Å². The third kappa shape index (κ3) is 3.14. The van der Waals surface area contributed by atoms with E-state index in [1.807, 2.05) is 18.5 Å². The molecule has 0 aliphatic carbocycles. The number of hydrogen-bond acceptors (Lipinski definition) is 3. The lowest BCUT2D eigenvalue weighted by molar-refractivity contribution is -0.118. The fourth-order valence-corrected chi connectivity index (χ4v) is 3.11. The highest BCUT2D eigenvalue weighted by atomic mass is 16.2. The molecule has 0 spiro atoms.